The maximum atomic E-state index is 12.7. The van der Waals surface area contributed by atoms with Gasteiger partial charge in [-0.15, -0.1) is 0 Å². The molecule has 26 heavy (non-hydrogen) atoms. The van der Waals surface area contributed by atoms with Crippen molar-refractivity contribution < 1.29 is 13.2 Å². The van der Waals surface area contributed by atoms with Gasteiger partial charge in [-0.2, -0.15) is 0 Å². The van der Waals surface area contributed by atoms with E-state index in [9.17, 15) is 13.2 Å². The standard InChI is InChI=1S/C19H23N3O3S/c1-14-5-6-16(12-15(14)2)18(17-4-3-7-20-13-17)21-19(23)22-8-10-26(24,25)11-9-22/h3-7,12-13,18H,8-11H2,1-2H3,(H,21,23)/t18-/m1/s1. The minimum absolute atomic E-state index is 0.0155. The highest BCUT2D eigenvalue weighted by Gasteiger charge is 2.27. The van der Waals surface area contributed by atoms with Crippen LogP contribution in [0.5, 0.6) is 0 Å². The second-order valence-corrected chi connectivity index (χ2v) is 8.96. The summed E-state index contributed by atoms with van der Waals surface area (Å²) in [4.78, 5) is 18.4. The Kier molecular flexibility index (Phi) is 5.27. The Morgan fingerprint density at radius 1 is 1.12 bits per heavy atom. The molecule has 1 N–H and O–H groups in total. The number of nitrogens with one attached hydrogen (secondary N) is 1. The fourth-order valence-corrected chi connectivity index (χ4v) is 4.18. The van der Waals surface area contributed by atoms with Gasteiger partial charge in [-0.25, -0.2) is 13.2 Å². The average molecular weight is 373 g/mol. The van der Waals surface area contributed by atoms with Gasteiger partial charge in [0.25, 0.3) is 0 Å². The molecule has 0 spiro atoms. The van der Waals surface area contributed by atoms with E-state index in [1.54, 1.807) is 17.3 Å². The van der Waals surface area contributed by atoms with E-state index >= 15 is 0 Å². The van der Waals surface area contributed by atoms with E-state index in [0.717, 1.165) is 16.7 Å². The summed E-state index contributed by atoms with van der Waals surface area (Å²) < 4.78 is 23.2. The summed E-state index contributed by atoms with van der Waals surface area (Å²) in [5.74, 6) is 0.0310. The van der Waals surface area contributed by atoms with Crippen molar-refractivity contribution in [1.29, 1.82) is 0 Å². The molecule has 1 aromatic carbocycles. The van der Waals surface area contributed by atoms with Crippen molar-refractivity contribution in [3.63, 3.8) is 0 Å². The number of aryl methyl sites for hydroxylation is 2. The smallest absolute Gasteiger partial charge is 0.318 e. The molecule has 7 heteroatoms. The lowest BCUT2D eigenvalue weighted by molar-refractivity contribution is 0.199. The molecule has 6 nitrogen and oxygen atoms in total. The van der Waals surface area contributed by atoms with Crippen LogP contribution >= 0.6 is 0 Å². The fourth-order valence-electron chi connectivity index (χ4n) is 2.98. The first kappa shape index (κ1) is 18.4. The summed E-state index contributed by atoms with van der Waals surface area (Å²) in [6, 6.07) is 9.26. The zero-order chi connectivity index (χ0) is 18.7. The van der Waals surface area contributed by atoms with Gasteiger partial charge >= 0.3 is 6.03 Å². The van der Waals surface area contributed by atoms with E-state index in [4.69, 9.17) is 0 Å². The predicted molar refractivity (Wildman–Crippen MR) is 101 cm³/mol. The van der Waals surface area contributed by atoms with Crippen molar-refractivity contribution in [2.45, 2.75) is 19.9 Å². The number of sulfone groups is 1. The van der Waals surface area contributed by atoms with E-state index in [-0.39, 0.29) is 36.7 Å². The monoisotopic (exact) mass is 373 g/mol. The first-order valence-corrected chi connectivity index (χ1v) is 10.4. The van der Waals surface area contributed by atoms with Crippen molar-refractivity contribution in [2.75, 3.05) is 24.6 Å². The van der Waals surface area contributed by atoms with Crippen LogP contribution in [-0.2, 0) is 9.84 Å². The molecule has 0 saturated carbocycles. The lowest BCUT2D eigenvalue weighted by Gasteiger charge is -2.29. The number of rotatable bonds is 3. The van der Waals surface area contributed by atoms with Crippen LogP contribution < -0.4 is 5.32 Å². The first-order chi connectivity index (χ1) is 12.4. The van der Waals surface area contributed by atoms with Crippen molar-refractivity contribution in [1.82, 2.24) is 15.2 Å². The molecule has 0 unspecified atom stereocenters. The van der Waals surface area contributed by atoms with Gasteiger partial charge < -0.3 is 10.2 Å². The zero-order valence-corrected chi connectivity index (χ0v) is 15.8. The third kappa shape index (κ3) is 4.22. The second-order valence-electron chi connectivity index (χ2n) is 6.65. The Labute approximate surface area is 154 Å². The van der Waals surface area contributed by atoms with E-state index < -0.39 is 9.84 Å². The summed E-state index contributed by atoms with van der Waals surface area (Å²) >= 11 is 0. The van der Waals surface area contributed by atoms with Gasteiger partial charge in [-0.05, 0) is 42.2 Å². The number of nitrogens with zero attached hydrogens (tertiary/aromatic N) is 2. The highest BCUT2D eigenvalue weighted by molar-refractivity contribution is 7.91. The van der Waals surface area contributed by atoms with E-state index in [0.29, 0.717) is 0 Å². The van der Waals surface area contributed by atoms with Gasteiger partial charge in [0.2, 0.25) is 0 Å². The van der Waals surface area contributed by atoms with Crippen LogP contribution in [0.15, 0.2) is 42.7 Å². The number of carbonyl (C=O) groups excluding carboxylic acids is 1. The molecule has 138 valence electrons. The SMILES string of the molecule is Cc1ccc([C@@H](NC(=O)N2CCS(=O)(=O)CC2)c2cccnc2)cc1C. The normalized spacial score (nSPS) is 17.5. The maximum Gasteiger partial charge on any atom is 0.318 e. The van der Waals surface area contributed by atoms with Crippen LogP contribution in [0, 0.1) is 13.8 Å². The molecule has 1 aromatic heterocycles. The maximum absolute atomic E-state index is 12.7. The van der Waals surface area contributed by atoms with Gasteiger partial charge in [0.1, 0.15) is 0 Å². The molecular weight excluding hydrogens is 350 g/mol. The Balaban J connectivity index is 1.84. The summed E-state index contributed by atoms with van der Waals surface area (Å²) in [5, 5.41) is 3.05. The topological polar surface area (TPSA) is 79.4 Å². The molecule has 3 rings (SSSR count). The van der Waals surface area contributed by atoms with Gasteiger partial charge in [-0.3, -0.25) is 4.98 Å². The van der Waals surface area contributed by atoms with Crippen molar-refractivity contribution in [2.24, 2.45) is 0 Å². The quantitative estimate of drug-likeness (QED) is 0.895. The molecule has 1 aliphatic heterocycles. The summed E-state index contributed by atoms with van der Waals surface area (Å²) in [6.45, 7) is 4.53. The summed E-state index contributed by atoms with van der Waals surface area (Å²) in [7, 11) is -3.02. The Morgan fingerprint density at radius 2 is 1.85 bits per heavy atom. The van der Waals surface area contributed by atoms with Crippen LogP contribution in [0.2, 0.25) is 0 Å². The Hall–Kier alpha value is -2.41. The number of amides is 2. The number of carbonyl (C=O) groups is 1. The number of urea groups is 1. The molecule has 1 saturated heterocycles. The molecule has 0 radical (unpaired) electrons. The number of hydrogen-bond acceptors (Lipinski definition) is 4. The number of aromatic nitrogens is 1. The van der Waals surface area contributed by atoms with Crippen LogP contribution in [0.25, 0.3) is 0 Å². The van der Waals surface area contributed by atoms with Crippen molar-refractivity contribution >= 4 is 15.9 Å². The molecule has 2 amide bonds. The fraction of sp³-hybridized carbons (Fsp3) is 0.368. The van der Waals surface area contributed by atoms with Crippen molar-refractivity contribution in [3.05, 3.63) is 65.0 Å². The third-order valence-electron chi connectivity index (χ3n) is 4.78. The van der Waals surface area contributed by atoms with Crippen molar-refractivity contribution in [3.8, 4) is 0 Å². The molecule has 2 heterocycles. The van der Waals surface area contributed by atoms with Gasteiger partial charge in [0, 0.05) is 25.5 Å². The van der Waals surface area contributed by atoms with Crippen LogP contribution in [0.3, 0.4) is 0 Å². The van der Waals surface area contributed by atoms with Crippen LogP contribution in [0.4, 0.5) is 4.79 Å². The predicted octanol–water partition coefficient (Wildman–Crippen LogP) is 2.23. The number of benzene rings is 1. The summed E-state index contributed by atoms with van der Waals surface area (Å²) in [6.07, 6.45) is 3.43. The minimum Gasteiger partial charge on any atom is -0.327 e. The number of pyridine rings is 1. The largest absolute Gasteiger partial charge is 0.327 e. The molecule has 0 bridgehead atoms. The Morgan fingerprint density at radius 3 is 2.46 bits per heavy atom. The molecule has 0 aliphatic carbocycles. The molecule has 2 aromatic rings. The average Bonchev–Trinajstić information content (AvgIpc) is 2.62. The first-order valence-electron chi connectivity index (χ1n) is 8.59. The van der Waals surface area contributed by atoms with Crippen LogP contribution in [-0.4, -0.2) is 48.9 Å². The van der Waals surface area contributed by atoms with Gasteiger partial charge in [0.05, 0.1) is 17.5 Å². The van der Waals surface area contributed by atoms with Crippen LogP contribution in [0.1, 0.15) is 28.3 Å². The van der Waals surface area contributed by atoms with E-state index in [1.807, 2.05) is 38.1 Å². The van der Waals surface area contributed by atoms with Gasteiger partial charge in [-0.1, -0.05) is 24.3 Å². The lowest BCUT2D eigenvalue weighted by Crippen LogP contribution is -2.49. The third-order valence-corrected chi connectivity index (χ3v) is 6.39. The number of hydrogen-bond donors (Lipinski definition) is 1. The van der Waals surface area contributed by atoms with Gasteiger partial charge in [0.15, 0.2) is 9.84 Å². The second kappa shape index (κ2) is 7.45. The summed E-state index contributed by atoms with van der Waals surface area (Å²) in [5.41, 5.74) is 4.19. The lowest BCUT2D eigenvalue weighted by atomic mass is 9.96. The highest BCUT2D eigenvalue weighted by atomic mass is 32.2. The highest BCUT2D eigenvalue weighted by Crippen LogP contribution is 2.24. The zero-order valence-electron chi connectivity index (χ0n) is 15.0. The minimum atomic E-state index is -3.02. The molecule has 1 aliphatic rings. The Bertz CT molecular complexity index is 884. The molecule has 1 fully saturated rings. The molecule has 1 atom stereocenters. The molecular formula is C19H23N3O3S. The van der Waals surface area contributed by atoms with E-state index in [1.165, 1.54) is 5.56 Å². The van der Waals surface area contributed by atoms with E-state index in [2.05, 4.69) is 16.4 Å².